The lowest BCUT2D eigenvalue weighted by atomic mass is 9.92. The summed E-state index contributed by atoms with van der Waals surface area (Å²) in [6.07, 6.45) is 4.14. The summed E-state index contributed by atoms with van der Waals surface area (Å²) in [5, 5.41) is 0. The highest BCUT2D eigenvalue weighted by atomic mass is 15.2. The largest absolute Gasteiger partial charge is 0.300 e. The van der Waals surface area contributed by atoms with Crippen LogP contribution in [-0.4, -0.2) is 24.0 Å². The van der Waals surface area contributed by atoms with Gasteiger partial charge < -0.3 is 4.90 Å². The first kappa shape index (κ1) is 9.05. The highest BCUT2D eigenvalue weighted by Crippen LogP contribution is 2.22. The Hall–Kier alpha value is -0.0400. The maximum atomic E-state index is 2.63. The quantitative estimate of drug-likeness (QED) is 0.592. The molecule has 1 rings (SSSR count). The third-order valence-electron chi connectivity index (χ3n) is 3.02. The molecule has 0 saturated carbocycles. The number of hydrogen-bond acceptors (Lipinski definition) is 1. The molecule has 66 valence electrons. The maximum Gasteiger partial charge on any atom is 0.00925 e. The molecule has 1 saturated heterocycles. The minimum Gasteiger partial charge on any atom is -0.300 e. The van der Waals surface area contributed by atoms with Crippen LogP contribution in [0.4, 0.5) is 0 Å². The van der Waals surface area contributed by atoms with Crippen LogP contribution in [0.5, 0.6) is 0 Å². The van der Waals surface area contributed by atoms with Crippen LogP contribution in [0.15, 0.2) is 0 Å². The molecule has 2 unspecified atom stereocenters. The molecule has 0 aromatic heterocycles. The highest BCUT2D eigenvalue weighted by molar-refractivity contribution is 4.77. The van der Waals surface area contributed by atoms with Crippen molar-refractivity contribution < 1.29 is 0 Å². The lowest BCUT2D eigenvalue weighted by Crippen LogP contribution is -2.42. The van der Waals surface area contributed by atoms with Gasteiger partial charge in [-0.2, -0.15) is 0 Å². The molecule has 0 aromatic carbocycles. The monoisotopic (exact) mass is 155 g/mol. The lowest BCUT2D eigenvalue weighted by molar-refractivity contribution is 0.114. The third kappa shape index (κ3) is 2.19. The van der Waals surface area contributed by atoms with Gasteiger partial charge in [0.05, 0.1) is 0 Å². The maximum absolute atomic E-state index is 2.63. The van der Waals surface area contributed by atoms with E-state index >= 15 is 0 Å². The second-order valence-electron chi connectivity index (χ2n) is 3.90. The van der Waals surface area contributed by atoms with E-state index in [1.807, 2.05) is 0 Å². The van der Waals surface area contributed by atoms with E-state index < -0.39 is 0 Å². The Kier molecular flexibility index (Phi) is 3.38. The molecule has 1 heterocycles. The van der Waals surface area contributed by atoms with Crippen LogP contribution in [0.1, 0.15) is 40.0 Å². The molecular formula is C10H21N. The van der Waals surface area contributed by atoms with E-state index in [0.717, 1.165) is 12.0 Å². The van der Waals surface area contributed by atoms with Crippen LogP contribution in [0, 0.1) is 5.92 Å². The topological polar surface area (TPSA) is 3.24 Å². The zero-order valence-corrected chi connectivity index (χ0v) is 8.14. The van der Waals surface area contributed by atoms with E-state index in [1.165, 1.54) is 32.4 Å². The fraction of sp³-hybridized carbons (Fsp3) is 1.00. The van der Waals surface area contributed by atoms with Crippen molar-refractivity contribution in [2.75, 3.05) is 13.1 Å². The Balaban J connectivity index is 2.38. The molecule has 1 aliphatic rings. The average molecular weight is 155 g/mol. The van der Waals surface area contributed by atoms with Crippen LogP contribution in [0.25, 0.3) is 0 Å². The van der Waals surface area contributed by atoms with Gasteiger partial charge in [-0.25, -0.2) is 0 Å². The first-order chi connectivity index (χ1) is 5.25. The molecule has 0 N–H and O–H groups in total. The summed E-state index contributed by atoms with van der Waals surface area (Å²) in [6.45, 7) is 9.66. The SMILES string of the molecule is CCCN1CCCC(C)C1C. The summed E-state index contributed by atoms with van der Waals surface area (Å²) in [4.78, 5) is 2.63. The predicted octanol–water partition coefficient (Wildman–Crippen LogP) is 2.52. The van der Waals surface area contributed by atoms with Gasteiger partial charge in [0.1, 0.15) is 0 Å². The molecule has 1 aliphatic heterocycles. The first-order valence-corrected chi connectivity index (χ1v) is 4.99. The smallest absolute Gasteiger partial charge is 0.00925 e. The Bertz CT molecular complexity index is 109. The van der Waals surface area contributed by atoms with Crippen LogP contribution < -0.4 is 0 Å². The van der Waals surface area contributed by atoms with Crippen molar-refractivity contribution in [3.8, 4) is 0 Å². The normalized spacial score (nSPS) is 34.1. The van der Waals surface area contributed by atoms with Gasteiger partial charge in [-0.1, -0.05) is 13.8 Å². The molecule has 0 amide bonds. The van der Waals surface area contributed by atoms with Gasteiger partial charge in [-0.15, -0.1) is 0 Å². The third-order valence-corrected chi connectivity index (χ3v) is 3.02. The zero-order valence-electron chi connectivity index (χ0n) is 8.14. The number of rotatable bonds is 2. The summed E-state index contributed by atoms with van der Waals surface area (Å²) in [7, 11) is 0. The van der Waals surface area contributed by atoms with E-state index in [1.54, 1.807) is 0 Å². The van der Waals surface area contributed by atoms with Crippen molar-refractivity contribution in [1.29, 1.82) is 0 Å². The minimum absolute atomic E-state index is 0.823. The van der Waals surface area contributed by atoms with Gasteiger partial charge >= 0.3 is 0 Å². The van der Waals surface area contributed by atoms with Crippen molar-refractivity contribution in [1.82, 2.24) is 4.90 Å². The number of likely N-dealkylation sites (tertiary alicyclic amines) is 1. The van der Waals surface area contributed by atoms with Gasteiger partial charge in [-0.3, -0.25) is 0 Å². The van der Waals surface area contributed by atoms with Gasteiger partial charge in [0.25, 0.3) is 0 Å². The van der Waals surface area contributed by atoms with E-state index in [0.29, 0.717) is 0 Å². The second kappa shape index (κ2) is 4.10. The highest BCUT2D eigenvalue weighted by Gasteiger charge is 2.23. The Morgan fingerprint density at radius 2 is 2.09 bits per heavy atom. The minimum atomic E-state index is 0.823. The van der Waals surface area contributed by atoms with Crippen molar-refractivity contribution in [2.45, 2.75) is 46.1 Å². The van der Waals surface area contributed by atoms with Crippen molar-refractivity contribution in [2.24, 2.45) is 5.92 Å². The fourth-order valence-corrected chi connectivity index (χ4v) is 2.02. The summed E-state index contributed by atoms with van der Waals surface area (Å²) in [6, 6.07) is 0.823. The standard InChI is InChI=1S/C10H21N/c1-4-7-11-8-5-6-9(2)10(11)3/h9-10H,4-8H2,1-3H3. The van der Waals surface area contributed by atoms with Crippen LogP contribution in [-0.2, 0) is 0 Å². The van der Waals surface area contributed by atoms with Gasteiger partial charge in [0, 0.05) is 6.04 Å². The lowest BCUT2D eigenvalue weighted by Gasteiger charge is -2.37. The molecule has 0 aliphatic carbocycles. The van der Waals surface area contributed by atoms with Crippen LogP contribution in [0.3, 0.4) is 0 Å². The van der Waals surface area contributed by atoms with Gasteiger partial charge in [-0.05, 0) is 45.2 Å². The van der Waals surface area contributed by atoms with E-state index in [9.17, 15) is 0 Å². The van der Waals surface area contributed by atoms with Crippen LogP contribution >= 0.6 is 0 Å². The fourth-order valence-electron chi connectivity index (χ4n) is 2.02. The Morgan fingerprint density at radius 3 is 2.73 bits per heavy atom. The molecular weight excluding hydrogens is 134 g/mol. The Morgan fingerprint density at radius 1 is 1.36 bits per heavy atom. The van der Waals surface area contributed by atoms with Gasteiger partial charge in [0.2, 0.25) is 0 Å². The number of nitrogens with zero attached hydrogens (tertiary/aromatic N) is 1. The predicted molar refractivity (Wildman–Crippen MR) is 49.7 cm³/mol. The van der Waals surface area contributed by atoms with Crippen LogP contribution in [0.2, 0.25) is 0 Å². The molecule has 2 atom stereocenters. The van der Waals surface area contributed by atoms with Crippen molar-refractivity contribution in [3.63, 3.8) is 0 Å². The summed E-state index contributed by atoms with van der Waals surface area (Å²) in [5.41, 5.74) is 0. The number of hydrogen-bond donors (Lipinski definition) is 0. The van der Waals surface area contributed by atoms with E-state index in [2.05, 4.69) is 25.7 Å². The summed E-state index contributed by atoms with van der Waals surface area (Å²) >= 11 is 0. The molecule has 11 heavy (non-hydrogen) atoms. The zero-order chi connectivity index (χ0) is 8.27. The molecule has 1 fully saturated rings. The van der Waals surface area contributed by atoms with Crippen molar-refractivity contribution in [3.05, 3.63) is 0 Å². The molecule has 0 bridgehead atoms. The summed E-state index contributed by atoms with van der Waals surface area (Å²) in [5.74, 6) is 0.912. The Labute approximate surface area is 70.8 Å². The van der Waals surface area contributed by atoms with Crippen molar-refractivity contribution >= 4 is 0 Å². The van der Waals surface area contributed by atoms with Gasteiger partial charge in [0.15, 0.2) is 0 Å². The molecule has 0 spiro atoms. The first-order valence-electron chi connectivity index (χ1n) is 4.99. The molecule has 0 radical (unpaired) electrons. The van der Waals surface area contributed by atoms with E-state index in [-0.39, 0.29) is 0 Å². The van der Waals surface area contributed by atoms with E-state index in [4.69, 9.17) is 0 Å². The second-order valence-corrected chi connectivity index (χ2v) is 3.90. The molecule has 0 aromatic rings. The summed E-state index contributed by atoms with van der Waals surface area (Å²) < 4.78 is 0. The molecule has 1 nitrogen and oxygen atoms in total. The molecule has 1 heteroatoms. The average Bonchev–Trinajstić information content (AvgIpc) is 1.99. The number of piperidine rings is 1.